The summed E-state index contributed by atoms with van der Waals surface area (Å²) in [6, 6.07) is 3.90. The van der Waals surface area contributed by atoms with E-state index < -0.39 is 70.7 Å². The van der Waals surface area contributed by atoms with Crippen molar-refractivity contribution in [1.82, 2.24) is 4.98 Å². The van der Waals surface area contributed by atoms with Crippen LogP contribution in [0.25, 0.3) is 0 Å². The van der Waals surface area contributed by atoms with Gasteiger partial charge in [-0.2, -0.15) is 17.6 Å². The van der Waals surface area contributed by atoms with E-state index in [1.807, 2.05) is 0 Å². The molecule has 3 amide bonds. The van der Waals surface area contributed by atoms with Crippen LogP contribution in [0.3, 0.4) is 0 Å². The summed E-state index contributed by atoms with van der Waals surface area (Å²) in [5, 5.41) is 4.75. The first kappa shape index (κ1) is 30.7. The lowest BCUT2D eigenvalue weighted by Crippen LogP contribution is -2.47. The molecule has 1 fully saturated rings. The van der Waals surface area contributed by atoms with Gasteiger partial charge in [-0.25, -0.2) is 9.37 Å². The Hall–Kier alpha value is -3.85. The summed E-state index contributed by atoms with van der Waals surface area (Å²) in [5.74, 6) is -9.91. The van der Waals surface area contributed by atoms with Crippen molar-refractivity contribution in [2.24, 2.45) is 23.3 Å². The molecule has 5 atom stereocenters. The predicted octanol–water partition coefficient (Wildman–Crippen LogP) is 3.08. The topological polar surface area (TPSA) is 159 Å². The summed E-state index contributed by atoms with van der Waals surface area (Å²) < 4.78 is 81.2. The fourth-order valence-corrected chi connectivity index (χ4v) is 4.40. The van der Waals surface area contributed by atoms with E-state index >= 15 is 0 Å². The molecule has 2 aromatic rings. The van der Waals surface area contributed by atoms with Crippen molar-refractivity contribution >= 4 is 29.2 Å². The standard InChI is InChI=1S/C25H28F5N5O5/c1-10(9-31)22(37)35-16-8-12(7-15(34-16)21(32)36)33-23(38)20-17(11(2)24(3,40-20)25(28,29)30)13-5-6-14(26)18(27)19(13)39-4/h5-8,10-11,17,20H,9,31H2,1-4H3,(H2,32,36)(H2,33,34,35,37,38)/t10-,11-,17-,20+,24+/m0/s1. The van der Waals surface area contributed by atoms with Gasteiger partial charge in [0.05, 0.1) is 7.11 Å². The van der Waals surface area contributed by atoms with Crippen LogP contribution in [-0.2, 0) is 14.3 Å². The molecule has 40 heavy (non-hydrogen) atoms. The highest BCUT2D eigenvalue weighted by atomic mass is 19.4. The zero-order chi connectivity index (χ0) is 30.2. The van der Waals surface area contributed by atoms with Crippen LogP contribution in [0.4, 0.5) is 33.5 Å². The van der Waals surface area contributed by atoms with Gasteiger partial charge in [0.25, 0.3) is 11.8 Å². The molecule has 1 aromatic heterocycles. The van der Waals surface area contributed by atoms with Gasteiger partial charge in [0.1, 0.15) is 17.6 Å². The number of carbonyl (C=O) groups excluding carboxylic acids is 3. The largest absolute Gasteiger partial charge is 0.493 e. The quantitative estimate of drug-likeness (QED) is 0.353. The second-order valence-electron chi connectivity index (χ2n) is 9.55. The third kappa shape index (κ3) is 5.70. The molecule has 0 bridgehead atoms. The van der Waals surface area contributed by atoms with Gasteiger partial charge in [0.2, 0.25) is 11.7 Å². The first-order valence-corrected chi connectivity index (χ1v) is 12.0. The van der Waals surface area contributed by atoms with E-state index in [9.17, 15) is 36.3 Å². The van der Waals surface area contributed by atoms with E-state index in [2.05, 4.69) is 15.6 Å². The Bertz CT molecular complexity index is 1320. The number of methoxy groups -OCH3 is 1. The molecular formula is C25H28F5N5O5. The lowest BCUT2D eigenvalue weighted by molar-refractivity contribution is -0.272. The average Bonchev–Trinajstić information content (AvgIpc) is 3.16. The lowest BCUT2D eigenvalue weighted by Gasteiger charge is -2.32. The third-order valence-corrected chi connectivity index (χ3v) is 6.97. The number of hydrogen-bond donors (Lipinski definition) is 4. The van der Waals surface area contributed by atoms with Crippen LogP contribution >= 0.6 is 0 Å². The molecule has 15 heteroatoms. The summed E-state index contributed by atoms with van der Waals surface area (Å²) in [6.45, 7) is 3.43. The van der Waals surface area contributed by atoms with Gasteiger partial charge >= 0.3 is 6.18 Å². The van der Waals surface area contributed by atoms with Gasteiger partial charge in [0, 0.05) is 41.6 Å². The summed E-state index contributed by atoms with van der Waals surface area (Å²) in [5.41, 5.74) is 7.13. The highest BCUT2D eigenvalue weighted by molar-refractivity contribution is 5.99. The Labute approximate surface area is 225 Å². The number of halogens is 5. The molecule has 0 saturated carbocycles. The number of nitrogens with one attached hydrogen (secondary N) is 2. The number of pyridine rings is 1. The molecule has 218 valence electrons. The minimum absolute atomic E-state index is 0.00502. The first-order chi connectivity index (χ1) is 18.5. The van der Waals surface area contributed by atoms with Crippen LogP contribution in [0.5, 0.6) is 5.75 Å². The Morgan fingerprint density at radius 2 is 1.85 bits per heavy atom. The van der Waals surface area contributed by atoms with E-state index in [4.69, 9.17) is 20.9 Å². The van der Waals surface area contributed by atoms with Gasteiger partial charge in [-0.15, -0.1) is 0 Å². The van der Waals surface area contributed by atoms with Crippen molar-refractivity contribution in [1.29, 1.82) is 0 Å². The van der Waals surface area contributed by atoms with Crippen LogP contribution in [0.2, 0.25) is 0 Å². The smallest absolute Gasteiger partial charge is 0.417 e. The predicted molar refractivity (Wildman–Crippen MR) is 132 cm³/mol. The van der Waals surface area contributed by atoms with Crippen LogP contribution in [0.15, 0.2) is 24.3 Å². The molecule has 3 rings (SSSR count). The third-order valence-electron chi connectivity index (χ3n) is 6.97. The second-order valence-corrected chi connectivity index (χ2v) is 9.55. The maximum absolute atomic E-state index is 14.5. The molecule has 1 saturated heterocycles. The molecule has 0 radical (unpaired) electrons. The fraction of sp³-hybridized carbons (Fsp3) is 0.440. The molecule has 1 aliphatic rings. The highest BCUT2D eigenvalue weighted by Gasteiger charge is 2.66. The van der Waals surface area contributed by atoms with E-state index in [0.717, 1.165) is 39.2 Å². The maximum atomic E-state index is 14.5. The molecule has 1 aromatic carbocycles. The number of rotatable bonds is 8. The molecule has 2 heterocycles. The number of nitrogens with two attached hydrogens (primary N) is 2. The number of anilines is 2. The van der Waals surface area contributed by atoms with E-state index in [1.54, 1.807) is 0 Å². The van der Waals surface area contributed by atoms with Gasteiger partial charge in [-0.3, -0.25) is 14.4 Å². The Morgan fingerprint density at radius 1 is 1.20 bits per heavy atom. The summed E-state index contributed by atoms with van der Waals surface area (Å²) >= 11 is 0. The molecule has 10 nitrogen and oxygen atoms in total. The van der Waals surface area contributed by atoms with Gasteiger partial charge in [0.15, 0.2) is 17.2 Å². The van der Waals surface area contributed by atoms with Crippen molar-refractivity contribution in [2.75, 3.05) is 24.3 Å². The Balaban J connectivity index is 2.06. The number of alkyl halides is 3. The minimum Gasteiger partial charge on any atom is -0.493 e. The van der Waals surface area contributed by atoms with E-state index in [-0.39, 0.29) is 29.3 Å². The number of hydrogen-bond acceptors (Lipinski definition) is 7. The summed E-state index contributed by atoms with van der Waals surface area (Å²) in [7, 11) is 1.00. The Kier molecular flexibility index (Phi) is 8.69. The molecule has 0 unspecified atom stereocenters. The molecular weight excluding hydrogens is 545 g/mol. The van der Waals surface area contributed by atoms with Crippen molar-refractivity contribution in [2.45, 2.75) is 44.6 Å². The highest BCUT2D eigenvalue weighted by Crippen LogP contribution is 2.55. The molecule has 1 aliphatic heterocycles. The minimum atomic E-state index is -4.96. The van der Waals surface area contributed by atoms with Crippen LogP contribution < -0.4 is 26.8 Å². The number of amides is 3. The summed E-state index contributed by atoms with van der Waals surface area (Å²) in [4.78, 5) is 41.4. The zero-order valence-corrected chi connectivity index (χ0v) is 21.9. The second kappa shape index (κ2) is 11.3. The van der Waals surface area contributed by atoms with Crippen molar-refractivity contribution in [3.05, 3.63) is 47.2 Å². The average molecular weight is 574 g/mol. The van der Waals surface area contributed by atoms with Gasteiger partial charge in [-0.1, -0.05) is 19.9 Å². The first-order valence-electron chi connectivity index (χ1n) is 12.0. The monoisotopic (exact) mass is 573 g/mol. The molecule has 6 N–H and O–H groups in total. The van der Waals surface area contributed by atoms with Crippen LogP contribution in [0, 0.1) is 23.5 Å². The van der Waals surface area contributed by atoms with Gasteiger partial charge < -0.3 is 31.6 Å². The van der Waals surface area contributed by atoms with Crippen molar-refractivity contribution in [3.63, 3.8) is 0 Å². The van der Waals surface area contributed by atoms with Crippen LogP contribution in [-0.4, -0.2) is 54.2 Å². The normalized spacial score (nSPS) is 23.4. The van der Waals surface area contributed by atoms with Crippen molar-refractivity contribution < 1.29 is 45.8 Å². The maximum Gasteiger partial charge on any atom is 0.417 e. The molecule has 0 aliphatic carbocycles. The Morgan fingerprint density at radius 3 is 2.40 bits per heavy atom. The number of primary amides is 1. The number of benzene rings is 1. The number of carbonyl (C=O) groups is 3. The van der Waals surface area contributed by atoms with E-state index in [1.165, 1.54) is 6.92 Å². The summed E-state index contributed by atoms with van der Waals surface area (Å²) in [6.07, 6.45) is -6.85. The SMILES string of the molecule is COc1c([C@H]2[C@H](C(=O)Nc3cc(NC(=O)[C@@H](C)CN)nc(C(N)=O)c3)O[C@@](C)(C(F)(F)F)[C@H]2C)ccc(F)c1F. The number of ether oxygens (including phenoxy) is 2. The van der Waals surface area contributed by atoms with Gasteiger partial charge in [-0.05, 0) is 19.1 Å². The van der Waals surface area contributed by atoms with Crippen molar-refractivity contribution in [3.8, 4) is 5.75 Å². The molecule has 0 spiro atoms. The van der Waals surface area contributed by atoms with E-state index in [0.29, 0.717) is 6.07 Å². The number of nitrogens with zero attached hydrogens (tertiary/aromatic N) is 1. The fourth-order valence-electron chi connectivity index (χ4n) is 4.40. The lowest BCUT2D eigenvalue weighted by atomic mass is 9.77. The zero-order valence-electron chi connectivity index (χ0n) is 21.9. The number of aromatic nitrogens is 1. The van der Waals surface area contributed by atoms with Crippen LogP contribution in [0.1, 0.15) is 42.7 Å².